The molecule has 0 saturated heterocycles. The first-order valence-electron chi connectivity index (χ1n) is 10.2. The Morgan fingerprint density at radius 3 is 2.79 bits per heavy atom. The maximum absolute atomic E-state index is 12.6. The van der Waals surface area contributed by atoms with Gasteiger partial charge in [0.05, 0.1) is 12.8 Å². The minimum absolute atomic E-state index is 0.0228. The average Bonchev–Trinajstić information content (AvgIpc) is 3.18. The predicted octanol–water partition coefficient (Wildman–Crippen LogP) is 1.78. The molecular weight excluding hydrogens is 508 g/mol. The van der Waals surface area contributed by atoms with E-state index < -0.39 is 17.4 Å². The number of aromatic amines is 1. The first kappa shape index (κ1) is 23.3. The number of aliphatic hydroxyl groups is 1. The summed E-state index contributed by atoms with van der Waals surface area (Å²) in [5.74, 6) is 0.731. The van der Waals surface area contributed by atoms with E-state index in [1.54, 1.807) is 24.3 Å². The molecule has 4 aromatic rings. The van der Waals surface area contributed by atoms with Crippen molar-refractivity contribution in [2.75, 3.05) is 12.0 Å². The Bertz CT molecular complexity index is 1460. The van der Waals surface area contributed by atoms with Gasteiger partial charge in [0.1, 0.15) is 24.2 Å². The third-order valence-electron chi connectivity index (χ3n) is 4.94. The van der Waals surface area contributed by atoms with Crippen LogP contribution in [0.5, 0.6) is 11.5 Å². The SMILES string of the molecule is Cn1c(=O)[nH]c(=O)c2c1nc(N/N=C/c1cc(Br)ccc1O)n2CC(O)COc1ccccc1. The number of aryl methyl sites for hydroxylation is 1. The van der Waals surface area contributed by atoms with Crippen LogP contribution in [0.2, 0.25) is 0 Å². The number of imidazole rings is 1. The van der Waals surface area contributed by atoms with Gasteiger partial charge in [-0.05, 0) is 30.3 Å². The molecule has 0 aliphatic rings. The standard InChI is InChI=1S/C22H21BrN6O5/c1-28-19-18(20(32)26-22(28)33)29(11-15(30)12-34-16-5-3-2-4-6-16)21(25-19)27-24-10-13-9-14(23)7-8-17(13)31/h2-10,15,30-31H,11-12H2,1H3,(H,25,27)(H,26,32,33)/b24-10+. The van der Waals surface area contributed by atoms with Gasteiger partial charge < -0.3 is 19.5 Å². The van der Waals surface area contributed by atoms with Crippen molar-refractivity contribution in [2.45, 2.75) is 12.6 Å². The molecule has 11 nitrogen and oxygen atoms in total. The minimum Gasteiger partial charge on any atom is -0.507 e. The van der Waals surface area contributed by atoms with Crippen LogP contribution in [0.1, 0.15) is 5.56 Å². The summed E-state index contributed by atoms with van der Waals surface area (Å²) in [4.78, 5) is 31.2. The Morgan fingerprint density at radius 2 is 2.03 bits per heavy atom. The van der Waals surface area contributed by atoms with Gasteiger partial charge in [0.15, 0.2) is 11.2 Å². The molecule has 2 aromatic carbocycles. The fraction of sp³-hybridized carbons (Fsp3) is 0.182. The van der Waals surface area contributed by atoms with Crippen LogP contribution in [0.4, 0.5) is 5.95 Å². The van der Waals surface area contributed by atoms with Gasteiger partial charge in [-0.3, -0.25) is 14.3 Å². The third-order valence-corrected chi connectivity index (χ3v) is 5.44. The van der Waals surface area contributed by atoms with Crippen LogP contribution in [0, 0.1) is 0 Å². The number of phenols is 1. The van der Waals surface area contributed by atoms with Crippen molar-refractivity contribution < 1.29 is 14.9 Å². The van der Waals surface area contributed by atoms with E-state index in [2.05, 4.69) is 36.4 Å². The van der Waals surface area contributed by atoms with E-state index in [0.29, 0.717) is 11.3 Å². The van der Waals surface area contributed by atoms with E-state index in [1.807, 2.05) is 18.2 Å². The topological polar surface area (TPSA) is 147 Å². The number of nitrogens with one attached hydrogen (secondary N) is 2. The molecule has 1 atom stereocenters. The highest BCUT2D eigenvalue weighted by atomic mass is 79.9. The predicted molar refractivity (Wildman–Crippen MR) is 131 cm³/mol. The van der Waals surface area contributed by atoms with Crippen molar-refractivity contribution in [3.63, 3.8) is 0 Å². The number of ether oxygens (including phenoxy) is 1. The van der Waals surface area contributed by atoms with Gasteiger partial charge in [0.25, 0.3) is 5.56 Å². The van der Waals surface area contributed by atoms with E-state index in [1.165, 1.54) is 28.5 Å². The summed E-state index contributed by atoms with van der Waals surface area (Å²) in [5, 5.41) is 24.7. The molecule has 0 amide bonds. The van der Waals surface area contributed by atoms with Crippen molar-refractivity contribution in [3.8, 4) is 11.5 Å². The van der Waals surface area contributed by atoms with E-state index in [4.69, 9.17) is 4.74 Å². The quantitative estimate of drug-likeness (QED) is 0.201. The number of hydrogen-bond donors (Lipinski definition) is 4. The summed E-state index contributed by atoms with van der Waals surface area (Å²) in [7, 11) is 1.47. The summed E-state index contributed by atoms with van der Waals surface area (Å²) in [6, 6.07) is 13.9. The number of fused-ring (bicyclic) bond motifs is 1. The molecule has 0 aliphatic carbocycles. The lowest BCUT2D eigenvalue weighted by molar-refractivity contribution is 0.0938. The van der Waals surface area contributed by atoms with E-state index >= 15 is 0 Å². The molecule has 0 radical (unpaired) electrons. The normalized spacial score (nSPS) is 12.3. The number of anilines is 1. The number of nitrogens with zero attached hydrogens (tertiary/aromatic N) is 4. The fourth-order valence-electron chi connectivity index (χ4n) is 3.26. The molecule has 0 spiro atoms. The van der Waals surface area contributed by atoms with Crippen LogP contribution in [0.25, 0.3) is 11.2 Å². The van der Waals surface area contributed by atoms with Crippen molar-refractivity contribution in [1.29, 1.82) is 0 Å². The van der Waals surface area contributed by atoms with Gasteiger partial charge in [0, 0.05) is 17.1 Å². The number of benzene rings is 2. The number of aromatic hydroxyl groups is 1. The number of aromatic nitrogens is 4. The Morgan fingerprint density at radius 1 is 1.26 bits per heavy atom. The van der Waals surface area contributed by atoms with E-state index in [0.717, 1.165) is 4.47 Å². The number of rotatable bonds is 8. The van der Waals surface area contributed by atoms with Gasteiger partial charge >= 0.3 is 5.69 Å². The van der Waals surface area contributed by atoms with Gasteiger partial charge in [-0.2, -0.15) is 10.1 Å². The molecule has 4 rings (SSSR count). The van der Waals surface area contributed by atoms with E-state index in [9.17, 15) is 19.8 Å². The summed E-state index contributed by atoms with van der Waals surface area (Å²) < 4.78 is 8.96. The highest BCUT2D eigenvalue weighted by Crippen LogP contribution is 2.21. The first-order chi connectivity index (χ1) is 16.3. The Hall–Kier alpha value is -3.90. The lowest BCUT2D eigenvalue weighted by atomic mass is 10.2. The number of halogens is 1. The van der Waals surface area contributed by atoms with Gasteiger partial charge in [-0.1, -0.05) is 34.1 Å². The lowest BCUT2D eigenvalue weighted by Crippen LogP contribution is -2.30. The average molecular weight is 529 g/mol. The minimum atomic E-state index is -1.01. The molecule has 0 fully saturated rings. The van der Waals surface area contributed by atoms with Crippen molar-refractivity contribution in [2.24, 2.45) is 12.1 Å². The number of hydrazone groups is 1. The fourth-order valence-corrected chi connectivity index (χ4v) is 3.64. The van der Waals surface area contributed by atoms with Crippen LogP contribution in [-0.2, 0) is 13.6 Å². The second-order valence-corrected chi connectivity index (χ2v) is 8.30. The lowest BCUT2D eigenvalue weighted by Gasteiger charge is -2.15. The monoisotopic (exact) mass is 528 g/mol. The number of H-pyrrole nitrogens is 1. The molecular formula is C22H21BrN6O5. The maximum Gasteiger partial charge on any atom is 0.329 e. The Balaban J connectivity index is 1.64. The highest BCUT2D eigenvalue weighted by Gasteiger charge is 2.20. The summed E-state index contributed by atoms with van der Waals surface area (Å²) in [6.07, 6.45) is 0.370. The second kappa shape index (κ2) is 9.93. The molecule has 2 heterocycles. The van der Waals surface area contributed by atoms with Crippen LogP contribution in [-0.4, -0.2) is 48.2 Å². The van der Waals surface area contributed by atoms with Crippen molar-refractivity contribution in [3.05, 3.63) is 79.4 Å². The molecule has 0 bridgehead atoms. The Labute approximate surface area is 201 Å². The highest BCUT2D eigenvalue weighted by molar-refractivity contribution is 9.10. The maximum atomic E-state index is 12.6. The molecule has 1 unspecified atom stereocenters. The van der Waals surface area contributed by atoms with E-state index in [-0.39, 0.29) is 36.0 Å². The van der Waals surface area contributed by atoms with Gasteiger partial charge in [0.2, 0.25) is 5.95 Å². The number of para-hydroxylation sites is 1. The molecule has 4 N–H and O–H groups in total. The summed E-state index contributed by atoms with van der Waals surface area (Å²) in [5.41, 5.74) is 2.10. The molecule has 2 aromatic heterocycles. The second-order valence-electron chi connectivity index (χ2n) is 7.39. The van der Waals surface area contributed by atoms with Crippen LogP contribution in [0.3, 0.4) is 0 Å². The van der Waals surface area contributed by atoms with Crippen LogP contribution in [0.15, 0.2) is 67.7 Å². The number of aliphatic hydroxyl groups excluding tert-OH is 1. The zero-order chi connectivity index (χ0) is 24.2. The van der Waals surface area contributed by atoms with Gasteiger partial charge in [-0.15, -0.1) is 0 Å². The Kier molecular flexibility index (Phi) is 6.80. The zero-order valence-electron chi connectivity index (χ0n) is 18.0. The first-order valence-corrected chi connectivity index (χ1v) is 11.0. The molecule has 34 heavy (non-hydrogen) atoms. The molecule has 0 aliphatic heterocycles. The smallest absolute Gasteiger partial charge is 0.329 e. The van der Waals surface area contributed by atoms with Crippen molar-refractivity contribution in [1.82, 2.24) is 19.1 Å². The van der Waals surface area contributed by atoms with Crippen LogP contribution >= 0.6 is 15.9 Å². The number of phenolic OH excluding ortho intramolecular Hbond substituents is 1. The third kappa shape index (κ3) is 5.02. The zero-order valence-corrected chi connectivity index (χ0v) is 19.6. The molecule has 176 valence electrons. The largest absolute Gasteiger partial charge is 0.507 e. The van der Waals surface area contributed by atoms with Crippen LogP contribution < -0.4 is 21.4 Å². The summed E-state index contributed by atoms with van der Waals surface area (Å²) in [6.45, 7) is -0.105. The molecule has 12 heteroatoms. The van der Waals surface area contributed by atoms with Crippen molar-refractivity contribution >= 4 is 39.3 Å². The molecule has 0 saturated carbocycles. The summed E-state index contributed by atoms with van der Waals surface area (Å²) >= 11 is 3.33. The van der Waals surface area contributed by atoms with Gasteiger partial charge in [-0.25, -0.2) is 10.2 Å². The number of hydrogen-bond acceptors (Lipinski definition) is 8.